The third-order valence-electron chi connectivity index (χ3n) is 3.80. The van der Waals surface area contributed by atoms with Gasteiger partial charge < -0.3 is 24.6 Å². The molecule has 2 rings (SSSR count). The number of anilines is 1. The van der Waals surface area contributed by atoms with Gasteiger partial charge in [0.2, 0.25) is 5.89 Å². The van der Waals surface area contributed by atoms with Crippen LogP contribution in [0.1, 0.15) is 48.9 Å². The van der Waals surface area contributed by atoms with Crippen molar-refractivity contribution < 1.29 is 18.8 Å². The molecule has 1 heterocycles. The number of methoxy groups -OCH3 is 1. The lowest BCUT2D eigenvalue weighted by molar-refractivity contribution is 0.0402. The Kier molecular flexibility index (Phi) is 9.00. The van der Waals surface area contributed by atoms with Crippen LogP contribution in [0.2, 0.25) is 5.02 Å². The molecule has 2 aromatic rings. The molecule has 28 heavy (non-hydrogen) atoms. The van der Waals surface area contributed by atoms with Gasteiger partial charge in [-0.1, -0.05) is 30.6 Å². The zero-order valence-electron chi connectivity index (χ0n) is 16.6. The molecule has 0 bridgehead atoms. The Bertz CT molecular complexity index is 798. The minimum Gasteiger partial charge on any atom is -0.496 e. The van der Waals surface area contributed by atoms with Gasteiger partial charge in [0.25, 0.3) is 5.91 Å². The number of aromatic nitrogens is 2. The van der Waals surface area contributed by atoms with Gasteiger partial charge in [0.15, 0.2) is 5.82 Å². The van der Waals surface area contributed by atoms with Gasteiger partial charge in [-0.15, -0.1) is 12.4 Å². The largest absolute Gasteiger partial charge is 0.496 e. The zero-order chi connectivity index (χ0) is 20.1. The van der Waals surface area contributed by atoms with Crippen molar-refractivity contribution >= 4 is 35.6 Å². The molecule has 156 valence electrons. The van der Waals surface area contributed by atoms with E-state index in [1.807, 2.05) is 6.92 Å². The van der Waals surface area contributed by atoms with Crippen LogP contribution in [0.15, 0.2) is 16.7 Å². The number of benzene rings is 1. The van der Waals surface area contributed by atoms with Crippen molar-refractivity contribution in [1.82, 2.24) is 15.0 Å². The van der Waals surface area contributed by atoms with E-state index in [-0.39, 0.29) is 36.0 Å². The number of hydrogen-bond donors (Lipinski definition) is 1. The first-order valence-corrected chi connectivity index (χ1v) is 8.93. The van der Waals surface area contributed by atoms with E-state index in [1.54, 1.807) is 7.05 Å². The second kappa shape index (κ2) is 10.5. The molecule has 0 aliphatic rings. The van der Waals surface area contributed by atoms with Crippen LogP contribution < -0.4 is 10.5 Å². The van der Waals surface area contributed by atoms with Crippen LogP contribution in [0, 0.1) is 5.92 Å². The van der Waals surface area contributed by atoms with Crippen LogP contribution >= 0.6 is 24.0 Å². The summed E-state index contributed by atoms with van der Waals surface area (Å²) in [6, 6.07) is 3.00. The number of nitrogens with zero attached hydrogens (tertiary/aromatic N) is 3. The summed E-state index contributed by atoms with van der Waals surface area (Å²) in [7, 11) is 3.08. The number of hydrogen-bond acceptors (Lipinski definition) is 7. The number of nitrogens with two attached hydrogens (primary N) is 1. The van der Waals surface area contributed by atoms with Crippen molar-refractivity contribution in [2.75, 3.05) is 26.5 Å². The number of nitrogen functional groups attached to an aromatic ring is 1. The van der Waals surface area contributed by atoms with Crippen LogP contribution in [0.3, 0.4) is 0 Å². The van der Waals surface area contributed by atoms with Gasteiger partial charge >= 0.3 is 0 Å². The predicted molar refractivity (Wildman–Crippen MR) is 109 cm³/mol. The highest BCUT2D eigenvalue weighted by atomic mass is 35.5. The highest BCUT2D eigenvalue weighted by Gasteiger charge is 2.22. The Morgan fingerprint density at radius 2 is 2.04 bits per heavy atom. The van der Waals surface area contributed by atoms with E-state index in [0.29, 0.717) is 41.2 Å². The summed E-state index contributed by atoms with van der Waals surface area (Å²) in [5.74, 6) is 1.19. The average Bonchev–Trinajstić information content (AvgIpc) is 3.09. The van der Waals surface area contributed by atoms with Crippen LogP contribution in [0.5, 0.6) is 5.75 Å². The maximum absolute atomic E-state index is 12.7. The molecule has 0 aliphatic carbocycles. The third-order valence-corrected chi connectivity index (χ3v) is 4.12. The van der Waals surface area contributed by atoms with Crippen molar-refractivity contribution in [2.45, 2.75) is 33.4 Å². The summed E-state index contributed by atoms with van der Waals surface area (Å²) in [6.07, 6.45) is -0.290. The molecule has 1 aromatic heterocycles. The Labute approximate surface area is 175 Å². The van der Waals surface area contributed by atoms with Gasteiger partial charge in [0.1, 0.15) is 11.9 Å². The maximum Gasteiger partial charge on any atom is 0.257 e. The molecule has 0 saturated carbocycles. The van der Waals surface area contributed by atoms with Crippen molar-refractivity contribution in [3.05, 3.63) is 34.4 Å². The predicted octanol–water partition coefficient (Wildman–Crippen LogP) is 3.74. The lowest BCUT2D eigenvalue weighted by Crippen LogP contribution is -2.27. The van der Waals surface area contributed by atoms with E-state index in [1.165, 1.54) is 24.1 Å². The molecule has 0 fully saturated rings. The van der Waals surface area contributed by atoms with Crippen LogP contribution in [-0.2, 0) is 11.3 Å². The topological polar surface area (TPSA) is 104 Å². The number of ether oxygens (including phenoxy) is 2. The number of rotatable bonds is 8. The highest BCUT2D eigenvalue weighted by molar-refractivity contribution is 6.33. The fourth-order valence-electron chi connectivity index (χ4n) is 2.29. The number of carbonyl (C=O) groups is 1. The van der Waals surface area contributed by atoms with Crippen molar-refractivity contribution in [3.8, 4) is 5.75 Å². The molecular formula is C18H26Cl2N4O4. The molecule has 0 radical (unpaired) electrons. The average molecular weight is 433 g/mol. The van der Waals surface area contributed by atoms with Gasteiger partial charge in [-0.3, -0.25) is 4.79 Å². The first kappa shape index (κ1) is 24.0. The summed E-state index contributed by atoms with van der Waals surface area (Å²) < 4.78 is 16.1. The maximum atomic E-state index is 12.7. The van der Waals surface area contributed by atoms with Gasteiger partial charge in [-0.05, 0) is 18.9 Å². The molecule has 10 heteroatoms. The van der Waals surface area contributed by atoms with Crippen LogP contribution in [0.25, 0.3) is 0 Å². The normalized spacial score (nSPS) is 11.8. The van der Waals surface area contributed by atoms with Crippen molar-refractivity contribution in [1.29, 1.82) is 0 Å². The van der Waals surface area contributed by atoms with Crippen molar-refractivity contribution in [3.63, 3.8) is 0 Å². The Morgan fingerprint density at radius 3 is 2.64 bits per heavy atom. The third kappa shape index (κ3) is 5.98. The molecule has 8 nitrogen and oxygen atoms in total. The summed E-state index contributed by atoms with van der Waals surface area (Å²) in [5, 5.41) is 4.21. The first-order valence-electron chi connectivity index (χ1n) is 8.55. The summed E-state index contributed by atoms with van der Waals surface area (Å²) >= 11 is 6.04. The fraction of sp³-hybridized carbons (Fsp3) is 0.500. The Morgan fingerprint density at radius 1 is 1.36 bits per heavy atom. The van der Waals surface area contributed by atoms with E-state index in [4.69, 9.17) is 31.3 Å². The van der Waals surface area contributed by atoms with Gasteiger partial charge in [0, 0.05) is 19.7 Å². The second-order valence-corrected chi connectivity index (χ2v) is 7.06. The first-order chi connectivity index (χ1) is 12.7. The molecule has 1 amide bonds. The van der Waals surface area contributed by atoms with Crippen LogP contribution in [-0.4, -0.2) is 41.7 Å². The Balaban J connectivity index is 0.00000392. The number of amides is 1. The minimum atomic E-state index is -0.308. The molecule has 0 spiro atoms. The summed E-state index contributed by atoms with van der Waals surface area (Å²) in [4.78, 5) is 18.5. The van der Waals surface area contributed by atoms with E-state index >= 15 is 0 Å². The smallest absolute Gasteiger partial charge is 0.257 e. The van der Waals surface area contributed by atoms with Gasteiger partial charge in [-0.2, -0.15) is 4.98 Å². The molecule has 0 aliphatic heterocycles. The van der Waals surface area contributed by atoms with Crippen molar-refractivity contribution in [2.24, 2.45) is 5.92 Å². The summed E-state index contributed by atoms with van der Waals surface area (Å²) in [6.45, 7) is 6.71. The fourth-order valence-corrected chi connectivity index (χ4v) is 2.46. The quantitative estimate of drug-likeness (QED) is 0.633. The Hall–Kier alpha value is -2.03. The highest BCUT2D eigenvalue weighted by Crippen LogP contribution is 2.29. The standard InChI is InChI=1S/C18H25ClN4O4.ClH/c1-10(2)9-26-11(3)17-21-16(27-22-17)8-23(4)18(24)12-6-13(19)14(20)7-15(12)25-5;/h6-7,10-11H,8-9,20H2,1-5H3;1H. The lowest BCUT2D eigenvalue weighted by atomic mass is 10.1. The SMILES string of the molecule is COc1cc(N)c(Cl)cc1C(=O)N(C)Cc1nc(C(C)OCC(C)C)no1.Cl. The van der Waals surface area contributed by atoms with Gasteiger partial charge in [0.05, 0.1) is 29.9 Å². The monoisotopic (exact) mass is 432 g/mol. The second-order valence-electron chi connectivity index (χ2n) is 6.65. The van der Waals surface area contributed by atoms with E-state index in [9.17, 15) is 4.79 Å². The molecular weight excluding hydrogens is 407 g/mol. The molecule has 1 atom stereocenters. The molecule has 1 unspecified atom stereocenters. The van der Waals surface area contributed by atoms with E-state index < -0.39 is 0 Å². The van der Waals surface area contributed by atoms with E-state index in [0.717, 1.165) is 0 Å². The zero-order valence-corrected chi connectivity index (χ0v) is 18.1. The lowest BCUT2D eigenvalue weighted by Gasteiger charge is -2.17. The molecule has 0 saturated heterocycles. The molecule has 1 aromatic carbocycles. The summed E-state index contributed by atoms with van der Waals surface area (Å²) in [5.41, 5.74) is 6.39. The minimum absolute atomic E-state index is 0. The molecule has 2 N–H and O–H groups in total. The van der Waals surface area contributed by atoms with E-state index in [2.05, 4.69) is 24.0 Å². The van der Waals surface area contributed by atoms with Crippen LogP contribution in [0.4, 0.5) is 5.69 Å². The number of halogens is 2. The van der Waals surface area contributed by atoms with Gasteiger partial charge in [-0.25, -0.2) is 0 Å². The number of carbonyl (C=O) groups excluding carboxylic acids is 1.